The number of rotatable bonds is 7. The largest absolute Gasteiger partial charge is 0.497 e. The number of esters is 1. The molecule has 0 spiro atoms. The minimum Gasteiger partial charge on any atom is -0.497 e. The summed E-state index contributed by atoms with van der Waals surface area (Å²) in [5, 5.41) is 3.99. The van der Waals surface area contributed by atoms with Crippen molar-refractivity contribution in [2.75, 3.05) is 19.5 Å². The van der Waals surface area contributed by atoms with Gasteiger partial charge < -0.3 is 20.0 Å². The van der Waals surface area contributed by atoms with Crippen LogP contribution in [0.3, 0.4) is 0 Å². The van der Waals surface area contributed by atoms with E-state index in [1.807, 2.05) is 6.92 Å². The highest BCUT2D eigenvalue weighted by Crippen LogP contribution is 2.19. The van der Waals surface area contributed by atoms with Crippen LogP contribution in [0.5, 0.6) is 5.75 Å². The number of nitrogen functional groups attached to an aromatic ring is 1. The number of nitrogens with zero attached hydrogens (tertiary/aromatic N) is 1. The predicted octanol–water partition coefficient (Wildman–Crippen LogP) is 2.36. The molecule has 0 bridgehead atoms. The molecule has 1 unspecified atom stereocenters. The van der Waals surface area contributed by atoms with Crippen LogP contribution in [-0.4, -0.2) is 31.5 Å². The van der Waals surface area contributed by atoms with E-state index >= 15 is 0 Å². The van der Waals surface area contributed by atoms with Gasteiger partial charge in [0.05, 0.1) is 19.4 Å². The molecule has 0 aliphatic heterocycles. The molecule has 0 aliphatic carbocycles. The van der Waals surface area contributed by atoms with Crippen molar-refractivity contribution in [1.29, 1.82) is 0 Å². The fraction of sp³-hybridized carbons (Fsp3) is 0.467. The number of carbonyl (C=O) groups excluding carboxylic acids is 1. The van der Waals surface area contributed by atoms with Gasteiger partial charge in [-0.15, -0.1) is 0 Å². The lowest BCUT2D eigenvalue weighted by atomic mass is 10.1. The molecule has 0 fully saturated rings. The summed E-state index contributed by atoms with van der Waals surface area (Å²) in [7, 11) is 1.56. The van der Waals surface area contributed by atoms with E-state index in [-0.39, 0.29) is 0 Å². The van der Waals surface area contributed by atoms with Crippen molar-refractivity contribution in [2.45, 2.75) is 33.3 Å². The minimum absolute atomic E-state index is 0.313. The SMILES string of the molecule is CCOC(=O)C(CC)O/N=C(\C)c1cc(N)cc(OC)c1. The molecule has 1 aromatic rings. The smallest absolute Gasteiger partial charge is 0.350 e. The van der Waals surface area contributed by atoms with E-state index < -0.39 is 12.1 Å². The predicted molar refractivity (Wildman–Crippen MR) is 81.4 cm³/mol. The number of methoxy groups -OCH3 is 1. The highest BCUT2D eigenvalue weighted by atomic mass is 16.7. The lowest BCUT2D eigenvalue weighted by Crippen LogP contribution is -2.24. The van der Waals surface area contributed by atoms with Gasteiger partial charge in [-0.2, -0.15) is 0 Å². The highest BCUT2D eigenvalue weighted by molar-refractivity contribution is 5.99. The van der Waals surface area contributed by atoms with E-state index in [1.165, 1.54) is 0 Å². The Morgan fingerprint density at radius 3 is 2.62 bits per heavy atom. The standard InChI is InChI=1S/C15H22N2O4/c1-5-14(15(18)20-6-2)21-17-10(3)11-7-12(16)9-13(8-11)19-4/h7-9,14H,5-6,16H2,1-4H3/b17-10+. The number of benzene rings is 1. The van der Waals surface area contributed by atoms with Gasteiger partial charge in [-0.05, 0) is 32.4 Å². The summed E-state index contributed by atoms with van der Waals surface area (Å²) >= 11 is 0. The van der Waals surface area contributed by atoms with Crippen LogP contribution in [0.4, 0.5) is 5.69 Å². The zero-order chi connectivity index (χ0) is 15.8. The molecule has 0 amide bonds. The van der Waals surface area contributed by atoms with Crippen molar-refractivity contribution in [2.24, 2.45) is 5.16 Å². The van der Waals surface area contributed by atoms with Crippen molar-refractivity contribution < 1.29 is 19.1 Å². The third-order valence-corrected chi connectivity index (χ3v) is 2.82. The average molecular weight is 294 g/mol. The Kier molecular flexibility index (Phi) is 6.52. The van der Waals surface area contributed by atoms with Gasteiger partial charge in [0.25, 0.3) is 0 Å². The summed E-state index contributed by atoms with van der Waals surface area (Å²) in [5.74, 6) is 0.221. The average Bonchev–Trinajstić information content (AvgIpc) is 2.47. The normalized spacial score (nSPS) is 12.7. The van der Waals surface area contributed by atoms with Gasteiger partial charge in [-0.1, -0.05) is 12.1 Å². The Morgan fingerprint density at radius 1 is 1.33 bits per heavy atom. The second-order valence-electron chi connectivity index (χ2n) is 4.43. The Labute approximate surface area is 124 Å². The molecule has 0 aliphatic rings. The minimum atomic E-state index is -0.706. The molecular weight excluding hydrogens is 272 g/mol. The first-order chi connectivity index (χ1) is 10.0. The number of hydrogen-bond donors (Lipinski definition) is 1. The Hall–Kier alpha value is -2.24. The van der Waals surface area contributed by atoms with Crippen LogP contribution in [-0.2, 0) is 14.4 Å². The molecule has 0 heterocycles. The second-order valence-corrected chi connectivity index (χ2v) is 4.43. The van der Waals surface area contributed by atoms with Gasteiger partial charge in [0.15, 0.2) is 0 Å². The van der Waals surface area contributed by atoms with E-state index in [4.69, 9.17) is 20.0 Å². The summed E-state index contributed by atoms with van der Waals surface area (Å²) < 4.78 is 10.1. The quantitative estimate of drug-likeness (QED) is 0.361. The number of anilines is 1. The van der Waals surface area contributed by atoms with Gasteiger partial charge in [-0.25, -0.2) is 4.79 Å². The molecule has 0 saturated carbocycles. The molecule has 1 atom stereocenters. The Morgan fingerprint density at radius 2 is 2.05 bits per heavy atom. The maximum absolute atomic E-state index is 11.6. The maximum Gasteiger partial charge on any atom is 0.350 e. The molecule has 0 aromatic heterocycles. The third kappa shape index (κ3) is 4.98. The van der Waals surface area contributed by atoms with Crippen LogP contribution in [0.2, 0.25) is 0 Å². The van der Waals surface area contributed by atoms with Crippen LogP contribution in [0.25, 0.3) is 0 Å². The molecule has 116 valence electrons. The monoisotopic (exact) mass is 294 g/mol. The molecule has 0 radical (unpaired) electrons. The molecule has 0 saturated heterocycles. The summed E-state index contributed by atoms with van der Waals surface area (Å²) in [6, 6.07) is 5.27. The molecule has 6 nitrogen and oxygen atoms in total. The lowest BCUT2D eigenvalue weighted by Gasteiger charge is -2.12. The van der Waals surface area contributed by atoms with Crippen LogP contribution >= 0.6 is 0 Å². The number of hydrogen-bond acceptors (Lipinski definition) is 6. The van der Waals surface area contributed by atoms with E-state index in [2.05, 4.69) is 5.16 Å². The number of nitrogens with two attached hydrogens (primary N) is 1. The summed E-state index contributed by atoms with van der Waals surface area (Å²) in [6.07, 6.45) is -0.224. The van der Waals surface area contributed by atoms with E-state index in [0.717, 1.165) is 5.56 Å². The Bertz CT molecular complexity index is 514. The zero-order valence-corrected chi connectivity index (χ0v) is 12.9. The summed E-state index contributed by atoms with van der Waals surface area (Å²) in [4.78, 5) is 16.9. The fourth-order valence-electron chi connectivity index (χ4n) is 1.66. The van der Waals surface area contributed by atoms with E-state index in [0.29, 0.717) is 30.2 Å². The topological polar surface area (TPSA) is 83.1 Å². The summed E-state index contributed by atoms with van der Waals surface area (Å²) in [6.45, 7) is 5.66. The van der Waals surface area contributed by atoms with E-state index in [9.17, 15) is 4.79 Å². The molecule has 2 N–H and O–H groups in total. The van der Waals surface area contributed by atoms with Crippen molar-refractivity contribution >= 4 is 17.4 Å². The van der Waals surface area contributed by atoms with Crippen molar-refractivity contribution in [3.63, 3.8) is 0 Å². The molecule has 21 heavy (non-hydrogen) atoms. The van der Waals surface area contributed by atoms with E-state index in [1.54, 1.807) is 39.2 Å². The number of carbonyl (C=O) groups is 1. The second kappa shape index (κ2) is 8.14. The molecule has 1 aromatic carbocycles. The van der Waals surface area contributed by atoms with Crippen LogP contribution in [0, 0.1) is 0 Å². The Balaban J connectivity index is 2.84. The molecular formula is C15H22N2O4. The first kappa shape index (κ1) is 16.8. The maximum atomic E-state index is 11.6. The first-order valence-electron chi connectivity index (χ1n) is 6.83. The van der Waals surface area contributed by atoms with Crippen LogP contribution < -0.4 is 10.5 Å². The number of ether oxygens (including phenoxy) is 2. The fourth-order valence-corrected chi connectivity index (χ4v) is 1.66. The lowest BCUT2D eigenvalue weighted by molar-refractivity contribution is -0.156. The van der Waals surface area contributed by atoms with Crippen LogP contribution in [0.15, 0.2) is 23.4 Å². The van der Waals surface area contributed by atoms with Gasteiger partial charge in [0, 0.05) is 17.3 Å². The highest BCUT2D eigenvalue weighted by Gasteiger charge is 2.19. The molecule has 1 rings (SSSR count). The first-order valence-corrected chi connectivity index (χ1v) is 6.83. The molecule has 6 heteroatoms. The van der Waals surface area contributed by atoms with Gasteiger partial charge in [0.2, 0.25) is 6.10 Å². The van der Waals surface area contributed by atoms with Gasteiger partial charge >= 0.3 is 5.97 Å². The van der Waals surface area contributed by atoms with Crippen LogP contribution in [0.1, 0.15) is 32.8 Å². The summed E-state index contributed by atoms with van der Waals surface area (Å²) in [5.41, 5.74) is 7.73. The third-order valence-electron chi connectivity index (χ3n) is 2.82. The van der Waals surface area contributed by atoms with Crippen molar-refractivity contribution in [1.82, 2.24) is 0 Å². The van der Waals surface area contributed by atoms with Crippen molar-refractivity contribution in [3.05, 3.63) is 23.8 Å². The van der Waals surface area contributed by atoms with Gasteiger partial charge in [-0.3, -0.25) is 0 Å². The van der Waals surface area contributed by atoms with Crippen molar-refractivity contribution in [3.8, 4) is 5.75 Å². The van der Waals surface area contributed by atoms with Gasteiger partial charge in [0.1, 0.15) is 5.75 Å². The number of oxime groups is 1. The zero-order valence-electron chi connectivity index (χ0n) is 12.9.